The summed E-state index contributed by atoms with van der Waals surface area (Å²) < 4.78 is 4.59. The molecule has 86 valence electrons. The summed E-state index contributed by atoms with van der Waals surface area (Å²) in [6.45, 7) is 0. The predicted molar refractivity (Wildman–Crippen MR) is 60.8 cm³/mol. The van der Waals surface area contributed by atoms with Gasteiger partial charge >= 0.3 is 11.9 Å². The van der Waals surface area contributed by atoms with E-state index in [-0.39, 0.29) is 12.4 Å². The van der Waals surface area contributed by atoms with Crippen LogP contribution in [0.3, 0.4) is 0 Å². The van der Waals surface area contributed by atoms with Crippen LogP contribution in [-0.2, 0) is 9.53 Å². The molecule has 0 aliphatic carbocycles. The van der Waals surface area contributed by atoms with Gasteiger partial charge in [-0.25, -0.2) is 4.79 Å². The van der Waals surface area contributed by atoms with Crippen molar-refractivity contribution >= 4 is 23.7 Å². The Hall–Kier alpha value is -1.49. The van der Waals surface area contributed by atoms with Gasteiger partial charge in [-0.2, -0.15) is 0 Å². The molecule has 0 fully saturated rings. The van der Waals surface area contributed by atoms with Crippen molar-refractivity contribution in [2.75, 3.05) is 12.9 Å². The number of carboxylic acids is 1. The standard InChI is InChI=1S/C11H12O4S/c1-15-11(14)8-3-2-4-9(7-8)16-6-5-10(12)13/h2-4,7H,5-6H2,1H3,(H,12,13). The summed E-state index contributed by atoms with van der Waals surface area (Å²) in [5.74, 6) is -0.725. The molecule has 0 spiro atoms. The van der Waals surface area contributed by atoms with E-state index < -0.39 is 5.97 Å². The molecule has 0 heterocycles. The monoisotopic (exact) mass is 240 g/mol. The van der Waals surface area contributed by atoms with E-state index in [0.29, 0.717) is 11.3 Å². The number of thioether (sulfide) groups is 1. The van der Waals surface area contributed by atoms with Gasteiger partial charge in [0.05, 0.1) is 19.1 Å². The zero-order valence-corrected chi connectivity index (χ0v) is 9.62. The number of carbonyl (C=O) groups is 2. The van der Waals surface area contributed by atoms with Crippen molar-refractivity contribution < 1.29 is 19.4 Å². The fraction of sp³-hybridized carbons (Fsp3) is 0.273. The smallest absolute Gasteiger partial charge is 0.337 e. The molecule has 0 aliphatic rings. The molecule has 4 nitrogen and oxygen atoms in total. The summed E-state index contributed by atoms with van der Waals surface area (Å²) >= 11 is 1.40. The number of hydrogen-bond acceptors (Lipinski definition) is 4. The maximum atomic E-state index is 11.2. The maximum absolute atomic E-state index is 11.2. The van der Waals surface area contributed by atoms with Crippen LogP contribution in [0.4, 0.5) is 0 Å². The molecule has 1 N–H and O–H groups in total. The van der Waals surface area contributed by atoms with E-state index in [1.807, 2.05) is 6.07 Å². The van der Waals surface area contributed by atoms with Gasteiger partial charge in [-0.3, -0.25) is 4.79 Å². The zero-order chi connectivity index (χ0) is 12.0. The Balaban J connectivity index is 2.60. The molecule has 1 aromatic rings. The Labute approximate surface area is 97.6 Å². The van der Waals surface area contributed by atoms with Gasteiger partial charge in [-0.15, -0.1) is 11.8 Å². The summed E-state index contributed by atoms with van der Waals surface area (Å²) in [5.41, 5.74) is 0.475. The first-order valence-corrected chi connectivity index (χ1v) is 5.65. The van der Waals surface area contributed by atoms with Crippen molar-refractivity contribution in [3.05, 3.63) is 29.8 Å². The lowest BCUT2D eigenvalue weighted by atomic mass is 10.2. The van der Waals surface area contributed by atoms with Crippen molar-refractivity contribution in [3.8, 4) is 0 Å². The van der Waals surface area contributed by atoms with E-state index in [1.54, 1.807) is 18.2 Å². The summed E-state index contributed by atoms with van der Waals surface area (Å²) in [4.78, 5) is 22.4. The quantitative estimate of drug-likeness (QED) is 0.630. The first kappa shape index (κ1) is 12.6. The van der Waals surface area contributed by atoms with Crippen LogP contribution >= 0.6 is 11.8 Å². The normalized spacial score (nSPS) is 9.81. The number of ether oxygens (including phenoxy) is 1. The number of hydrogen-bond donors (Lipinski definition) is 1. The minimum atomic E-state index is -0.823. The molecule has 0 bridgehead atoms. The molecule has 1 rings (SSSR count). The first-order chi connectivity index (χ1) is 7.63. The lowest BCUT2D eigenvalue weighted by molar-refractivity contribution is -0.136. The Kier molecular flexibility index (Phi) is 4.85. The van der Waals surface area contributed by atoms with Gasteiger partial charge < -0.3 is 9.84 Å². The molecule has 0 aromatic heterocycles. The van der Waals surface area contributed by atoms with Crippen LogP contribution < -0.4 is 0 Å². The lowest BCUT2D eigenvalue weighted by Crippen LogP contribution is -2.01. The van der Waals surface area contributed by atoms with Gasteiger partial charge in [0.2, 0.25) is 0 Å². The Morgan fingerprint density at radius 2 is 2.19 bits per heavy atom. The summed E-state index contributed by atoms with van der Waals surface area (Å²) in [5, 5.41) is 8.48. The van der Waals surface area contributed by atoms with Crippen molar-refractivity contribution in [2.45, 2.75) is 11.3 Å². The van der Waals surface area contributed by atoms with Crippen LogP contribution in [-0.4, -0.2) is 29.9 Å². The topological polar surface area (TPSA) is 63.6 Å². The molecular weight excluding hydrogens is 228 g/mol. The van der Waals surface area contributed by atoms with Crippen LogP contribution in [0.15, 0.2) is 29.2 Å². The largest absolute Gasteiger partial charge is 0.481 e. The van der Waals surface area contributed by atoms with Crippen LogP contribution in [0.25, 0.3) is 0 Å². The van der Waals surface area contributed by atoms with Gasteiger partial charge in [-0.1, -0.05) is 6.07 Å². The van der Waals surface area contributed by atoms with Crippen molar-refractivity contribution in [3.63, 3.8) is 0 Å². The zero-order valence-electron chi connectivity index (χ0n) is 8.80. The maximum Gasteiger partial charge on any atom is 0.337 e. The Bertz CT molecular complexity index is 389. The number of methoxy groups -OCH3 is 1. The molecule has 1 aromatic carbocycles. The van der Waals surface area contributed by atoms with Gasteiger partial charge in [0.15, 0.2) is 0 Å². The van der Waals surface area contributed by atoms with Gasteiger partial charge in [0.25, 0.3) is 0 Å². The third kappa shape index (κ3) is 3.94. The van der Waals surface area contributed by atoms with Gasteiger partial charge in [0, 0.05) is 10.6 Å². The average Bonchev–Trinajstić information content (AvgIpc) is 2.28. The third-order valence-electron chi connectivity index (χ3n) is 1.84. The SMILES string of the molecule is COC(=O)c1cccc(SCCC(=O)O)c1. The minimum absolute atomic E-state index is 0.104. The van der Waals surface area contributed by atoms with E-state index in [2.05, 4.69) is 4.74 Å². The minimum Gasteiger partial charge on any atom is -0.481 e. The third-order valence-corrected chi connectivity index (χ3v) is 2.84. The molecule has 0 aliphatic heterocycles. The second-order valence-corrected chi connectivity index (χ2v) is 4.18. The molecule has 0 unspecified atom stereocenters. The van der Waals surface area contributed by atoms with Crippen LogP contribution in [0, 0.1) is 0 Å². The molecule has 16 heavy (non-hydrogen) atoms. The fourth-order valence-corrected chi connectivity index (χ4v) is 1.98. The first-order valence-electron chi connectivity index (χ1n) is 4.66. The van der Waals surface area contributed by atoms with E-state index in [1.165, 1.54) is 18.9 Å². The number of esters is 1. The molecule has 0 amide bonds. The fourth-order valence-electron chi connectivity index (χ4n) is 1.09. The number of rotatable bonds is 5. The van der Waals surface area contributed by atoms with E-state index in [0.717, 1.165) is 4.90 Å². The van der Waals surface area contributed by atoms with Gasteiger partial charge in [0.1, 0.15) is 0 Å². The Morgan fingerprint density at radius 3 is 2.81 bits per heavy atom. The molecular formula is C11H12O4S. The number of aliphatic carboxylic acids is 1. The Morgan fingerprint density at radius 1 is 1.44 bits per heavy atom. The molecule has 0 radical (unpaired) electrons. The summed E-state index contributed by atoms with van der Waals surface area (Å²) in [6, 6.07) is 6.93. The number of carbonyl (C=O) groups excluding carboxylic acids is 1. The van der Waals surface area contributed by atoms with Crippen molar-refractivity contribution in [2.24, 2.45) is 0 Å². The van der Waals surface area contributed by atoms with Crippen LogP contribution in [0.2, 0.25) is 0 Å². The molecule has 5 heteroatoms. The van der Waals surface area contributed by atoms with Crippen molar-refractivity contribution in [1.29, 1.82) is 0 Å². The highest BCUT2D eigenvalue weighted by Crippen LogP contribution is 2.20. The molecule has 0 saturated carbocycles. The van der Waals surface area contributed by atoms with Crippen molar-refractivity contribution in [1.82, 2.24) is 0 Å². The number of benzene rings is 1. The van der Waals surface area contributed by atoms with Gasteiger partial charge in [-0.05, 0) is 18.2 Å². The van der Waals surface area contributed by atoms with E-state index >= 15 is 0 Å². The number of carboxylic acid groups (broad SMARTS) is 1. The predicted octanol–water partition coefficient (Wildman–Crippen LogP) is 2.04. The van der Waals surface area contributed by atoms with E-state index in [9.17, 15) is 9.59 Å². The summed E-state index contributed by atoms with van der Waals surface area (Å²) in [7, 11) is 1.33. The average molecular weight is 240 g/mol. The highest BCUT2D eigenvalue weighted by molar-refractivity contribution is 7.99. The molecule has 0 atom stereocenters. The highest BCUT2D eigenvalue weighted by atomic mass is 32.2. The van der Waals surface area contributed by atoms with Crippen LogP contribution in [0.5, 0.6) is 0 Å². The molecule has 0 saturated heterocycles. The van der Waals surface area contributed by atoms with Crippen LogP contribution in [0.1, 0.15) is 16.8 Å². The lowest BCUT2D eigenvalue weighted by Gasteiger charge is -2.02. The second kappa shape index (κ2) is 6.17. The summed E-state index contributed by atoms with van der Waals surface area (Å²) in [6.07, 6.45) is 0.104. The second-order valence-electron chi connectivity index (χ2n) is 3.01. The van der Waals surface area contributed by atoms with E-state index in [4.69, 9.17) is 5.11 Å². The highest BCUT2D eigenvalue weighted by Gasteiger charge is 2.06.